The number of isocyanates is 1. The Labute approximate surface area is 66.3 Å². The van der Waals surface area contributed by atoms with Gasteiger partial charge in [0.1, 0.15) is 0 Å². The predicted molar refractivity (Wildman–Crippen MR) is 42.2 cm³/mol. The van der Waals surface area contributed by atoms with Crippen molar-refractivity contribution in [2.75, 3.05) is 6.54 Å². The van der Waals surface area contributed by atoms with Crippen molar-refractivity contribution < 1.29 is 4.79 Å². The minimum absolute atomic E-state index is 0.238. The molecule has 0 aromatic heterocycles. The summed E-state index contributed by atoms with van der Waals surface area (Å²) in [5.41, 5.74) is 0. The first-order valence-corrected chi connectivity index (χ1v) is 3.92. The SMILES string of the molecule is CCC(Cl)CCCN=C=O. The largest absolute Gasteiger partial charge is 0.234 e. The van der Waals surface area contributed by atoms with E-state index >= 15 is 0 Å². The minimum Gasteiger partial charge on any atom is -0.211 e. The molecule has 0 spiro atoms. The van der Waals surface area contributed by atoms with E-state index in [1.165, 1.54) is 6.08 Å². The zero-order valence-corrected chi connectivity index (χ0v) is 6.90. The molecule has 0 amide bonds. The molecule has 0 heterocycles. The molecular weight excluding hydrogens is 150 g/mol. The van der Waals surface area contributed by atoms with Crippen molar-refractivity contribution in [1.29, 1.82) is 0 Å². The molecule has 0 saturated heterocycles. The van der Waals surface area contributed by atoms with Crippen molar-refractivity contribution in [2.24, 2.45) is 4.99 Å². The van der Waals surface area contributed by atoms with E-state index in [1.807, 2.05) is 6.92 Å². The van der Waals surface area contributed by atoms with Gasteiger partial charge in [0.05, 0.1) is 6.54 Å². The van der Waals surface area contributed by atoms with Crippen LogP contribution in [0.5, 0.6) is 0 Å². The van der Waals surface area contributed by atoms with Crippen LogP contribution >= 0.6 is 11.6 Å². The predicted octanol–water partition coefficient (Wildman–Crippen LogP) is 2.12. The first-order chi connectivity index (χ1) is 4.81. The summed E-state index contributed by atoms with van der Waals surface area (Å²) >= 11 is 5.80. The Morgan fingerprint density at radius 2 is 2.40 bits per heavy atom. The lowest BCUT2D eigenvalue weighted by Gasteiger charge is -2.01. The number of rotatable bonds is 5. The molecule has 0 bridgehead atoms. The molecule has 0 aromatic carbocycles. The Bertz CT molecular complexity index is 121. The summed E-state index contributed by atoms with van der Waals surface area (Å²) in [6.45, 7) is 2.60. The summed E-state index contributed by atoms with van der Waals surface area (Å²) in [4.78, 5) is 13.0. The molecule has 2 nitrogen and oxygen atoms in total. The van der Waals surface area contributed by atoms with Crippen LogP contribution in [-0.2, 0) is 4.79 Å². The number of carbonyl (C=O) groups excluding carboxylic acids is 1. The highest BCUT2D eigenvalue weighted by molar-refractivity contribution is 6.20. The van der Waals surface area contributed by atoms with Gasteiger partial charge in [-0.25, -0.2) is 9.79 Å². The van der Waals surface area contributed by atoms with Gasteiger partial charge >= 0.3 is 0 Å². The van der Waals surface area contributed by atoms with Gasteiger partial charge in [0.15, 0.2) is 0 Å². The third kappa shape index (κ3) is 5.80. The normalized spacial score (nSPS) is 12.2. The van der Waals surface area contributed by atoms with Gasteiger partial charge in [-0.3, -0.25) is 0 Å². The van der Waals surface area contributed by atoms with Gasteiger partial charge in [-0.05, 0) is 19.3 Å². The second kappa shape index (κ2) is 6.79. The van der Waals surface area contributed by atoms with Crippen LogP contribution in [-0.4, -0.2) is 18.0 Å². The Balaban J connectivity index is 3.10. The Hall–Kier alpha value is -0.330. The quantitative estimate of drug-likeness (QED) is 0.263. The second-order valence-corrected chi connectivity index (χ2v) is 2.74. The number of halogens is 1. The lowest BCUT2D eigenvalue weighted by molar-refractivity contribution is 0.561. The van der Waals surface area contributed by atoms with Crippen molar-refractivity contribution >= 4 is 17.7 Å². The average molecular weight is 162 g/mol. The minimum atomic E-state index is 0.238. The number of aliphatic imine (C=N–C) groups is 1. The van der Waals surface area contributed by atoms with Crippen LogP contribution in [0.15, 0.2) is 4.99 Å². The van der Waals surface area contributed by atoms with Crippen molar-refractivity contribution in [3.63, 3.8) is 0 Å². The lowest BCUT2D eigenvalue weighted by atomic mass is 10.2. The van der Waals surface area contributed by atoms with Gasteiger partial charge in [0, 0.05) is 5.38 Å². The molecular formula is C7H12ClNO. The van der Waals surface area contributed by atoms with Gasteiger partial charge in [0.2, 0.25) is 6.08 Å². The van der Waals surface area contributed by atoms with Gasteiger partial charge in [-0.1, -0.05) is 6.92 Å². The van der Waals surface area contributed by atoms with Crippen molar-refractivity contribution in [2.45, 2.75) is 31.6 Å². The number of alkyl halides is 1. The molecule has 3 heteroatoms. The van der Waals surface area contributed by atoms with Crippen LogP contribution in [0, 0.1) is 0 Å². The lowest BCUT2D eigenvalue weighted by Crippen LogP contribution is -1.96. The van der Waals surface area contributed by atoms with Gasteiger partial charge in [-0.2, -0.15) is 0 Å². The first kappa shape index (κ1) is 9.67. The van der Waals surface area contributed by atoms with Gasteiger partial charge in [0.25, 0.3) is 0 Å². The van der Waals surface area contributed by atoms with Crippen LogP contribution in [0.3, 0.4) is 0 Å². The average Bonchev–Trinajstić information content (AvgIpc) is 1.98. The van der Waals surface area contributed by atoms with E-state index in [1.54, 1.807) is 0 Å². The topological polar surface area (TPSA) is 29.4 Å². The van der Waals surface area contributed by atoms with Crippen molar-refractivity contribution in [3.05, 3.63) is 0 Å². The Morgan fingerprint density at radius 1 is 1.70 bits per heavy atom. The van der Waals surface area contributed by atoms with Crippen LogP contribution in [0.2, 0.25) is 0 Å². The van der Waals surface area contributed by atoms with Crippen molar-refractivity contribution in [1.82, 2.24) is 0 Å². The maximum atomic E-state index is 9.59. The highest BCUT2D eigenvalue weighted by Gasteiger charge is 1.98. The van der Waals surface area contributed by atoms with E-state index < -0.39 is 0 Å². The fourth-order valence-electron chi connectivity index (χ4n) is 0.642. The molecule has 0 aliphatic heterocycles. The molecule has 1 unspecified atom stereocenters. The standard InChI is InChI=1S/C7H12ClNO/c1-2-7(8)4-3-5-9-6-10/h7H,2-5H2,1H3. The van der Waals surface area contributed by atoms with E-state index in [9.17, 15) is 4.79 Å². The molecule has 58 valence electrons. The summed E-state index contributed by atoms with van der Waals surface area (Å²) in [7, 11) is 0. The van der Waals surface area contributed by atoms with Crippen LogP contribution in [0.4, 0.5) is 0 Å². The van der Waals surface area contributed by atoms with Gasteiger partial charge < -0.3 is 0 Å². The zero-order valence-electron chi connectivity index (χ0n) is 6.14. The monoisotopic (exact) mass is 161 g/mol. The van der Waals surface area contributed by atoms with Crippen molar-refractivity contribution in [3.8, 4) is 0 Å². The second-order valence-electron chi connectivity index (χ2n) is 2.12. The maximum Gasteiger partial charge on any atom is 0.234 e. The van der Waals surface area contributed by atoms with Crippen LogP contribution < -0.4 is 0 Å². The van der Waals surface area contributed by atoms with Gasteiger partial charge in [-0.15, -0.1) is 11.6 Å². The van der Waals surface area contributed by atoms with Crippen LogP contribution in [0.25, 0.3) is 0 Å². The maximum absolute atomic E-state index is 9.59. The molecule has 10 heavy (non-hydrogen) atoms. The molecule has 0 aliphatic rings. The number of hydrogen-bond acceptors (Lipinski definition) is 2. The van der Waals surface area contributed by atoms with E-state index in [-0.39, 0.29) is 5.38 Å². The fourth-order valence-corrected chi connectivity index (χ4v) is 0.796. The number of nitrogens with zero attached hydrogens (tertiary/aromatic N) is 1. The smallest absolute Gasteiger partial charge is 0.211 e. The molecule has 0 rings (SSSR count). The summed E-state index contributed by atoms with van der Waals surface area (Å²) in [5.74, 6) is 0. The molecule has 0 fully saturated rings. The van der Waals surface area contributed by atoms with E-state index in [4.69, 9.17) is 11.6 Å². The highest BCUT2D eigenvalue weighted by atomic mass is 35.5. The molecule has 0 aliphatic carbocycles. The first-order valence-electron chi connectivity index (χ1n) is 3.49. The summed E-state index contributed by atoms with van der Waals surface area (Å²) in [6, 6.07) is 0. The van der Waals surface area contributed by atoms with Crippen LogP contribution in [0.1, 0.15) is 26.2 Å². The Morgan fingerprint density at radius 3 is 2.90 bits per heavy atom. The van der Waals surface area contributed by atoms with E-state index in [0.717, 1.165) is 19.3 Å². The molecule has 1 atom stereocenters. The third-order valence-electron chi connectivity index (χ3n) is 1.29. The molecule has 0 radical (unpaired) electrons. The Kier molecular flexibility index (Phi) is 6.56. The third-order valence-corrected chi connectivity index (χ3v) is 1.82. The zero-order chi connectivity index (χ0) is 7.82. The summed E-state index contributed by atoms with van der Waals surface area (Å²) in [5, 5.41) is 0.238. The fraction of sp³-hybridized carbons (Fsp3) is 0.857. The summed E-state index contributed by atoms with van der Waals surface area (Å²) < 4.78 is 0. The van der Waals surface area contributed by atoms with E-state index in [2.05, 4.69) is 4.99 Å². The molecule has 0 saturated carbocycles. The summed E-state index contributed by atoms with van der Waals surface area (Å²) in [6.07, 6.45) is 4.29. The molecule has 0 aromatic rings. The highest BCUT2D eigenvalue weighted by Crippen LogP contribution is 2.08. The van der Waals surface area contributed by atoms with E-state index in [0.29, 0.717) is 6.54 Å². The number of hydrogen-bond donors (Lipinski definition) is 0. The molecule has 0 N–H and O–H groups in total.